The number of rotatable bonds is 7. The first-order valence-corrected chi connectivity index (χ1v) is 13.2. The maximum absolute atomic E-state index is 14.0. The van der Waals surface area contributed by atoms with Gasteiger partial charge in [0.15, 0.2) is 11.6 Å². The number of carbonyl (C=O) groups excluding carboxylic acids is 1. The summed E-state index contributed by atoms with van der Waals surface area (Å²) in [6.07, 6.45) is 4.54. The molecule has 3 aliphatic heterocycles. The first-order chi connectivity index (χ1) is 15.7. The Morgan fingerprint density at radius 2 is 1.67 bits per heavy atom. The van der Waals surface area contributed by atoms with Gasteiger partial charge in [-0.05, 0) is 62.5 Å². The fourth-order valence-electron chi connectivity index (χ4n) is 5.55. The van der Waals surface area contributed by atoms with Crippen LogP contribution in [-0.2, 0) is 16.4 Å². The number of urea groups is 1. The van der Waals surface area contributed by atoms with Crippen LogP contribution in [-0.4, -0.2) is 67.2 Å². The summed E-state index contributed by atoms with van der Waals surface area (Å²) in [7, 11) is -3.56. The van der Waals surface area contributed by atoms with E-state index in [2.05, 4.69) is 5.32 Å². The molecule has 3 aliphatic rings. The van der Waals surface area contributed by atoms with Crippen molar-refractivity contribution >= 4 is 16.1 Å². The average Bonchev–Trinajstić information content (AvgIpc) is 3.39. The van der Waals surface area contributed by atoms with Crippen LogP contribution in [0.2, 0.25) is 0 Å². The molecule has 0 radical (unpaired) electrons. The van der Waals surface area contributed by atoms with Gasteiger partial charge in [0.25, 0.3) is 0 Å². The maximum atomic E-state index is 14.0. The van der Waals surface area contributed by atoms with E-state index in [1.165, 1.54) is 0 Å². The van der Waals surface area contributed by atoms with Crippen LogP contribution in [0.4, 0.5) is 18.0 Å². The quantitative estimate of drug-likeness (QED) is 0.576. The molecular weight excluding hydrogens is 457 g/mol. The van der Waals surface area contributed by atoms with Crippen molar-refractivity contribution in [1.82, 2.24) is 14.5 Å². The number of hydrogen-bond donors (Lipinski definition) is 2. The lowest BCUT2D eigenvalue weighted by molar-refractivity contribution is 0.170. The molecular formula is C22H31F3N4O3S. The predicted molar refractivity (Wildman–Crippen MR) is 117 cm³/mol. The van der Waals surface area contributed by atoms with Gasteiger partial charge in [0.2, 0.25) is 10.0 Å². The highest BCUT2D eigenvalue weighted by molar-refractivity contribution is 7.89. The number of carbonyl (C=O) groups is 1. The van der Waals surface area contributed by atoms with Gasteiger partial charge in [0.1, 0.15) is 5.82 Å². The molecule has 3 N–H and O–H groups in total. The molecule has 2 amide bonds. The van der Waals surface area contributed by atoms with E-state index in [0.29, 0.717) is 32.0 Å². The number of amides is 2. The fraction of sp³-hybridized carbons (Fsp3) is 0.682. The Balaban J connectivity index is 1.33. The van der Waals surface area contributed by atoms with Crippen LogP contribution < -0.4 is 11.1 Å². The van der Waals surface area contributed by atoms with Crippen LogP contribution >= 0.6 is 0 Å². The molecule has 3 fully saturated rings. The molecule has 11 heteroatoms. The molecule has 1 aromatic rings. The number of benzene rings is 1. The maximum Gasteiger partial charge on any atom is 0.317 e. The van der Waals surface area contributed by atoms with E-state index < -0.39 is 33.5 Å². The van der Waals surface area contributed by atoms with Crippen molar-refractivity contribution in [2.45, 2.75) is 63.1 Å². The van der Waals surface area contributed by atoms with Crippen molar-refractivity contribution in [2.24, 2.45) is 11.7 Å². The lowest BCUT2D eigenvalue weighted by atomic mass is 9.83. The second-order valence-electron chi connectivity index (χ2n) is 9.41. The number of sulfonamides is 1. The number of piperidine rings is 1. The molecule has 7 nitrogen and oxygen atoms in total. The second-order valence-corrected chi connectivity index (χ2v) is 11.4. The molecule has 33 heavy (non-hydrogen) atoms. The summed E-state index contributed by atoms with van der Waals surface area (Å²) in [6.45, 7) is 1.46. The minimum absolute atomic E-state index is 0.0255. The van der Waals surface area contributed by atoms with Gasteiger partial charge in [-0.1, -0.05) is 0 Å². The monoisotopic (exact) mass is 488 g/mol. The summed E-state index contributed by atoms with van der Waals surface area (Å²) in [4.78, 5) is 13.8. The number of halogens is 3. The topological polar surface area (TPSA) is 95.7 Å². The highest BCUT2D eigenvalue weighted by Crippen LogP contribution is 2.42. The summed E-state index contributed by atoms with van der Waals surface area (Å²) < 4.78 is 68.4. The first kappa shape index (κ1) is 24.3. The van der Waals surface area contributed by atoms with Gasteiger partial charge >= 0.3 is 6.03 Å². The molecule has 0 spiro atoms. The van der Waals surface area contributed by atoms with Crippen LogP contribution in [0, 0.1) is 23.4 Å². The summed E-state index contributed by atoms with van der Waals surface area (Å²) in [5.74, 6) is -3.38. The zero-order chi connectivity index (χ0) is 23.8. The number of nitrogens with zero attached hydrogens (tertiary/aromatic N) is 2. The molecule has 2 bridgehead atoms. The third-order valence-corrected chi connectivity index (χ3v) is 9.16. The van der Waals surface area contributed by atoms with Crippen LogP contribution in [0.3, 0.4) is 0 Å². The summed E-state index contributed by atoms with van der Waals surface area (Å²) in [5, 5.41) is 2.71. The lowest BCUT2D eigenvalue weighted by Gasteiger charge is -2.40. The summed E-state index contributed by atoms with van der Waals surface area (Å²) in [5.41, 5.74) is 6.34. The third-order valence-electron chi connectivity index (χ3n) is 7.20. The van der Waals surface area contributed by atoms with Gasteiger partial charge in [0.05, 0.1) is 5.75 Å². The lowest BCUT2D eigenvalue weighted by Crippen LogP contribution is -2.52. The Bertz CT molecular complexity index is 973. The van der Waals surface area contributed by atoms with Crippen molar-refractivity contribution in [1.29, 1.82) is 0 Å². The smallest absolute Gasteiger partial charge is 0.317 e. The molecule has 0 aliphatic carbocycles. The second kappa shape index (κ2) is 9.79. The highest BCUT2D eigenvalue weighted by Gasteiger charge is 2.47. The number of nitrogens with two attached hydrogens (primary N) is 1. The van der Waals surface area contributed by atoms with E-state index in [1.807, 2.05) is 0 Å². The van der Waals surface area contributed by atoms with E-state index in [4.69, 9.17) is 5.73 Å². The van der Waals surface area contributed by atoms with E-state index in [9.17, 15) is 26.4 Å². The summed E-state index contributed by atoms with van der Waals surface area (Å²) >= 11 is 0. The van der Waals surface area contributed by atoms with Crippen LogP contribution in [0.5, 0.6) is 0 Å². The highest BCUT2D eigenvalue weighted by atomic mass is 32.2. The predicted octanol–water partition coefficient (Wildman–Crippen LogP) is 2.35. The Morgan fingerprint density at radius 3 is 2.30 bits per heavy atom. The molecule has 0 aromatic heterocycles. The van der Waals surface area contributed by atoms with E-state index in [1.54, 1.807) is 9.21 Å². The van der Waals surface area contributed by atoms with Crippen molar-refractivity contribution in [3.63, 3.8) is 0 Å². The van der Waals surface area contributed by atoms with Gasteiger partial charge in [-0.2, -0.15) is 4.31 Å². The zero-order valence-corrected chi connectivity index (χ0v) is 19.3. The Kier molecular flexibility index (Phi) is 7.20. The minimum atomic E-state index is -3.56. The van der Waals surface area contributed by atoms with Crippen molar-refractivity contribution in [3.05, 3.63) is 35.1 Å². The Hall–Kier alpha value is -1.85. The minimum Gasteiger partial charge on any atom is -0.337 e. The SMILES string of the molecule is N[C@H](Cc1cc(F)c(F)cc1F)C1C[C@H]2CC[C@@H](C1)N2S(=O)(=O)CCNC(=O)N1CCCC1. The first-order valence-electron chi connectivity index (χ1n) is 11.6. The van der Waals surface area contributed by atoms with Gasteiger partial charge in [-0.25, -0.2) is 26.4 Å². The van der Waals surface area contributed by atoms with E-state index >= 15 is 0 Å². The zero-order valence-electron chi connectivity index (χ0n) is 18.5. The largest absolute Gasteiger partial charge is 0.337 e. The third kappa shape index (κ3) is 5.30. The van der Waals surface area contributed by atoms with Crippen molar-refractivity contribution in [3.8, 4) is 0 Å². The van der Waals surface area contributed by atoms with Gasteiger partial charge in [-0.3, -0.25) is 0 Å². The Morgan fingerprint density at radius 1 is 1.06 bits per heavy atom. The molecule has 1 unspecified atom stereocenters. The molecule has 184 valence electrons. The molecule has 3 heterocycles. The van der Waals surface area contributed by atoms with Crippen molar-refractivity contribution in [2.75, 3.05) is 25.4 Å². The molecule has 1 aromatic carbocycles. The fourth-order valence-corrected chi connectivity index (χ4v) is 7.41. The van der Waals surface area contributed by atoms with Crippen LogP contribution in [0.1, 0.15) is 44.1 Å². The van der Waals surface area contributed by atoms with Crippen LogP contribution in [0.15, 0.2) is 12.1 Å². The molecule has 0 saturated carbocycles. The number of likely N-dealkylation sites (tertiary alicyclic amines) is 1. The summed E-state index contributed by atoms with van der Waals surface area (Å²) in [6, 6.07) is 0.285. The average molecular weight is 489 g/mol. The van der Waals surface area contributed by atoms with Gasteiger partial charge in [-0.15, -0.1) is 0 Å². The number of hydrogen-bond acceptors (Lipinski definition) is 4. The standard InChI is InChI=1S/C22H31F3N4O3S/c23-18-13-20(25)19(24)11-14(18)12-21(26)15-9-16-3-4-17(10-15)29(16)33(31,32)8-5-27-22(30)28-6-1-2-7-28/h11,13,15-17,21H,1-10,12,26H2,(H,27,30)/t15?,16-,17+,21-/m1/s1. The van der Waals surface area contributed by atoms with E-state index in [0.717, 1.165) is 31.7 Å². The van der Waals surface area contributed by atoms with Crippen molar-refractivity contribution < 1.29 is 26.4 Å². The normalized spacial score (nSPS) is 26.5. The Labute approximate surface area is 192 Å². The molecule has 4 atom stereocenters. The van der Waals surface area contributed by atoms with Crippen LogP contribution in [0.25, 0.3) is 0 Å². The van der Waals surface area contributed by atoms with Gasteiger partial charge in [0, 0.05) is 43.8 Å². The number of fused-ring (bicyclic) bond motifs is 2. The number of nitrogens with one attached hydrogen (secondary N) is 1. The molecule has 3 saturated heterocycles. The molecule has 4 rings (SSSR count). The van der Waals surface area contributed by atoms with E-state index in [-0.39, 0.29) is 48.3 Å². The van der Waals surface area contributed by atoms with Gasteiger partial charge < -0.3 is 16.0 Å².